The molecule has 84 valence electrons. The highest BCUT2D eigenvalue weighted by atomic mass is 35.5. The largest absolute Gasteiger partial charge is 0.493 e. The molecule has 1 aromatic carbocycles. The molecule has 0 N–H and O–H groups in total. The Morgan fingerprint density at radius 2 is 2.20 bits per heavy atom. The quantitative estimate of drug-likeness (QED) is 0.660. The Kier molecular flexibility index (Phi) is 5.56. The number of hydrogen-bond acceptors (Lipinski definition) is 1. The van der Waals surface area contributed by atoms with Gasteiger partial charge in [0.05, 0.1) is 6.61 Å². The van der Waals surface area contributed by atoms with Crippen molar-refractivity contribution in [1.82, 2.24) is 0 Å². The van der Waals surface area contributed by atoms with E-state index in [1.165, 1.54) is 12.8 Å². The third-order valence-corrected chi connectivity index (χ3v) is 2.68. The van der Waals surface area contributed by atoms with Gasteiger partial charge in [-0.25, -0.2) is 0 Å². The molecular formula is C13H19ClO. The maximum Gasteiger partial charge on any atom is 0.119 e. The molecule has 1 unspecified atom stereocenters. The molecule has 0 heterocycles. The van der Waals surface area contributed by atoms with Gasteiger partial charge in [-0.05, 0) is 30.0 Å². The summed E-state index contributed by atoms with van der Waals surface area (Å²) in [5, 5.41) is 0. The fraction of sp³-hybridized carbons (Fsp3) is 0.538. The first kappa shape index (κ1) is 12.4. The number of benzene rings is 1. The van der Waals surface area contributed by atoms with Crippen molar-refractivity contribution >= 4 is 11.6 Å². The van der Waals surface area contributed by atoms with Gasteiger partial charge in [0.15, 0.2) is 0 Å². The van der Waals surface area contributed by atoms with E-state index in [9.17, 15) is 0 Å². The summed E-state index contributed by atoms with van der Waals surface area (Å²) in [6.07, 6.45) is 2.43. The second-order valence-corrected chi connectivity index (χ2v) is 4.25. The van der Waals surface area contributed by atoms with Crippen molar-refractivity contribution in [3.63, 3.8) is 0 Å². The molecule has 0 bridgehead atoms. The lowest BCUT2D eigenvalue weighted by atomic mass is 10.1. The summed E-state index contributed by atoms with van der Waals surface area (Å²) in [4.78, 5) is 0. The maximum atomic E-state index is 5.76. The van der Waals surface area contributed by atoms with E-state index in [0.717, 1.165) is 17.9 Å². The number of hydrogen-bond donors (Lipinski definition) is 0. The topological polar surface area (TPSA) is 9.23 Å². The van der Waals surface area contributed by atoms with Crippen LogP contribution in [0, 0.1) is 5.92 Å². The zero-order chi connectivity index (χ0) is 11.1. The molecule has 0 aliphatic carbocycles. The fourth-order valence-corrected chi connectivity index (χ4v) is 1.70. The summed E-state index contributed by atoms with van der Waals surface area (Å²) in [6.45, 7) is 5.21. The van der Waals surface area contributed by atoms with Crippen LogP contribution in [0.15, 0.2) is 24.3 Å². The first-order valence-electron chi connectivity index (χ1n) is 5.54. The minimum Gasteiger partial charge on any atom is -0.493 e. The van der Waals surface area contributed by atoms with E-state index < -0.39 is 0 Å². The molecule has 1 nitrogen and oxygen atoms in total. The zero-order valence-corrected chi connectivity index (χ0v) is 10.3. The highest BCUT2D eigenvalue weighted by Gasteiger charge is 2.02. The summed E-state index contributed by atoms with van der Waals surface area (Å²) in [5.41, 5.74) is 1.11. The molecule has 0 amide bonds. The lowest BCUT2D eigenvalue weighted by Crippen LogP contribution is -2.08. The molecule has 0 fully saturated rings. The van der Waals surface area contributed by atoms with Gasteiger partial charge in [0.2, 0.25) is 0 Å². The Morgan fingerprint density at radius 1 is 1.40 bits per heavy atom. The first-order chi connectivity index (χ1) is 7.26. The Bertz CT molecular complexity index is 286. The van der Waals surface area contributed by atoms with E-state index >= 15 is 0 Å². The summed E-state index contributed by atoms with van der Waals surface area (Å²) in [6, 6.07) is 7.98. The van der Waals surface area contributed by atoms with Crippen LogP contribution in [-0.2, 0) is 5.88 Å². The second-order valence-electron chi connectivity index (χ2n) is 3.99. The van der Waals surface area contributed by atoms with Crippen molar-refractivity contribution in [2.75, 3.05) is 6.61 Å². The smallest absolute Gasteiger partial charge is 0.119 e. The van der Waals surface area contributed by atoms with Crippen LogP contribution < -0.4 is 4.74 Å². The van der Waals surface area contributed by atoms with Crippen LogP contribution in [0.3, 0.4) is 0 Å². The Morgan fingerprint density at radius 3 is 2.87 bits per heavy atom. The third-order valence-electron chi connectivity index (χ3n) is 2.37. The van der Waals surface area contributed by atoms with Crippen molar-refractivity contribution in [2.24, 2.45) is 5.92 Å². The van der Waals surface area contributed by atoms with Crippen LogP contribution in [0.4, 0.5) is 0 Å². The monoisotopic (exact) mass is 226 g/mol. The fourth-order valence-electron chi connectivity index (χ4n) is 1.53. The van der Waals surface area contributed by atoms with Gasteiger partial charge in [0.25, 0.3) is 0 Å². The highest BCUT2D eigenvalue weighted by molar-refractivity contribution is 6.17. The number of rotatable bonds is 6. The van der Waals surface area contributed by atoms with E-state index in [4.69, 9.17) is 16.3 Å². The van der Waals surface area contributed by atoms with Crippen LogP contribution in [0.25, 0.3) is 0 Å². The average molecular weight is 227 g/mol. The minimum absolute atomic E-state index is 0.543. The number of alkyl halides is 1. The molecule has 0 saturated carbocycles. The molecule has 2 heteroatoms. The normalized spacial score (nSPS) is 12.5. The van der Waals surface area contributed by atoms with Crippen LogP contribution >= 0.6 is 11.6 Å². The predicted molar refractivity (Wildman–Crippen MR) is 65.6 cm³/mol. The van der Waals surface area contributed by atoms with Gasteiger partial charge in [-0.3, -0.25) is 0 Å². The standard InChI is InChI=1S/C13H19ClO/c1-3-5-11(2)10-15-13-7-4-6-12(8-13)9-14/h4,6-8,11H,3,5,9-10H2,1-2H3. The molecule has 1 aromatic rings. The van der Waals surface area contributed by atoms with Crippen LogP contribution in [0.2, 0.25) is 0 Å². The third kappa shape index (κ3) is 4.57. The average Bonchev–Trinajstić information content (AvgIpc) is 2.27. The predicted octanol–water partition coefficient (Wildman–Crippen LogP) is 4.24. The second kappa shape index (κ2) is 6.73. The Labute approximate surface area is 97.4 Å². The van der Waals surface area contributed by atoms with Gasteiger partial charge in [0.1, 0.15) is 5.75 Å². The van der Waals surface area contributed by atoms with Gasteiger partial charge in [0, 0.05) is 5.88 Å². The van der Waals surface area contributed by atoms with Crippen LogP contribution in [0.5, 0.6) is 5.75 Å². The number of ether oxygens (including phenoxy) is 1. The van der Waals surface area contributed by atoms with E-state index in [-0.39, 0.29) is 0 Å². The Hall–Kier alpha value is -0.690. The molecule has 1 atom stereocenters. The highest BCUT2D eigenvalue weighted by Crippen LogP contribution is 2.16. The van der Waals surface area contributed by atoms with Crippen molar-refractivity contribution < 1.29 is 4.74 Å². The van der Waals surface area contributed by atoms with Crippen LogP contribution in [-0.4, -0.2) is 6.61 Å². The Balaban J connectivity index is 2.43. The molecular weight excluding hydrogens is 208 g/mol. The molecule has 0 saturated heterocycles. The number of halogens is 1. The zero-order valence-electron chi connectivity index (χ0n) is 9.50. The molecule has 0 aliphatic rings. The lowest BCUT2D eigenvalue weighted by Gasteiger charge is -2.12. The van der Waals surface area contributed by atoms with E-state index in [2.05, 4.69) is 13.8 Å². The first-order valence-corrected chi connectivity index (χ1v) is 6.07. The summed E-state index contributed by atoms with van der Waals surface area (Å²) in [5.74, 6) is 2.09. The van der Waals surface area contributed by atoms with Gasteiger partial charge in [-0.2, -0.15) is 0 Å². The summed E-state index contributed by atoms with van der Waals surface area (Å²) >= 11 is 5.76. The molecule has 0 aromatic heterocycles. The molecule has 0 aliphatic heterocycles. The minimum atomic E-state index is 0.543. The SMILES string of the molecule is CCCC(C)COc1cccc(CCl)c1. The van der Waals surface area contributed by atoms with E-state index in [1.807, 2.05) is 24.3 Å². The van der Waals surface area contributed by atoms with Crippen molar-refractivity contribution in [3.8, 4) is 5.75 Å². The van der Waals surface area contributed by atoms with Crippen molar-refractivity contribution in [2.45, 2.75) is 32.6 Å². The van der Waals surface area contributed by atoms with Gasteiger partial charge in [-0.1, -0.05) is 32.4 Å². The van der Waals surface area contributed by atoms with Gasteiger partial charge >= 0.3 is 0 Å². The molecule has 1 rings (SSSR count). The van der Waals surface area contributed by atoms with Crippen LogP contribution in [0.1, 0.15) is 32.3 Å². The van der Waals surface area contributed by atoms with Crippen molar-refractivity contribution in [1.29, 1.82) is 0 Å². The maximum absolute atomic E-state index is 5.76. The van der Waals surface area contributed by atoms with Gasteiger partial charge < -0.3 is 4.74 Å². The lowest BCUT2D eigenvalue weighted by molar-refractivity contribution is 0.251. The van der Waals surface area contributed by atoms with E-state index in [0.29, 0.717) is 11.8 Å². The summed E-state index contributed by atoms with van der Waals surface area (Å²) in [7, 11) is 0. The molecule has 0 spiro atoms. The van der Waals surface area contributed by atoms with Crippen molar-refractivity contribution in [3.05, 3.63) is 29.8 Å². The molecule has 15 heavy (non-hydrogen) atoms. The van der Waals surface area contributed by atoms with Gasteiger partial charge in [-0.15, -0.1) is 11.6 Å². The van der Waals surface area contributed by atoms with E-state index in [1.54, 1.807) is 0 Å². The molecule has 0 radical (unpaired) electrons. The summed E-state index contributed by atoms with van der Waals surface area (Å²) < 4.78 is 5.70.